The standard InChI is InChI=1S/C24H35NO2/c1-7-8-9-13-19-22(18-12-10-11-14-20(18)27)21(17(6)26)24(16(4)5)25-23(19)15(2)3/h10-12,14-17,26-27H,7-9,13H2,1-6H3. The molecule has 2 rings (SSSR count). The maximum absolute atomic E-state index is 10.7. The zero-order chi connectivity index (χ0) is 20.1. The lowest BCUT2D eigenvalue weighted by Crippen LogP contribution is -2.14. The molecule has 1 aromatic carbocycles. The van der Waals surface area contributed by atoms with Crippen LogP contribution in [-0.4, -0.2) is 15.2 Å². The molecule has 1 heterocycles. The molecule has 148 valence electrons. The van der Waals surface area contributed by atoms with Gasteiger partial charge in [-0.25, -0.2) is 0 Å². The number of phenols is 1. The third kappa shape index (κ3) is 4.70. The molecule has 2 N–H and O–H groups in total. The van der Waals surface area contributed by atoms with Gasteiger partial charge in [-0.3, -0.25) is 4.98 Å². The summed E-state index contributed by atoms with van der Waals surface area (Å²) in [6.45, 7) is 12.6. The van der Waals surface area contributed by atoms with Crippen LogP contribution in [0, 0.1) is 0 Å². The van der Waals surface area contributed by atoms with Gasteiger partial charge in [0.25, 0.3) is 0 Å². The second kappa shape index (κ2) is 9.36. The molecule has 1 unspecified atom stereocenters. The first-order chi connectivity index (χ1) is 12.8. The van der Waals surface area contributed by atoms with E-state index in [4.69, 9.17) is 4.98 Å². The van der Waals surface area contributed by atoms with Crippen LogP contribution in [0.3, 0.4) is 0 Å². The maximum atomic E-state index is 10.7. The van der Waals surface area contributed by atoms with Crippen LogP contribution in [0.4, 0.5) is 0 Å². The van der Waals surface area contributed by atoms with Crippen LogP contribution in [0.15, 0.2) is 24.3 Å². The molecular formula is C24H35NO2. The number of hydrogen-bond donors (Lipinski definition) is 2. The second-order valence-electron chi connectivity index (χ2n) is 8.11. The lowest BCUT2D eigenvalue weighted by atomic mass is 9.83. The fourth-order valence-corrected chi connectivity index (χ4v) is 3.81. The molecule has 3 heteroatoms. The lowest BCUT2D eigenvalue weighted by molar-refractivity contribution is 0.197. The topological polar surface area (TPSA) is 53.4 Å². The number of aliphatic hydroxyl groups excluding tert-OH is 1. The van der Waals surface area contributed by atoms with Gasteiger partial charge < -0.3 is 10.2 Å². The number of aromatic nitrogens is 1. The van der Waals surface area contributed by atoms with E-state index >= 15 is 0 Å². The highest BCUT2D eigenvalue weighted by atomic mass is 16.3. The van der Waals surface area contributed by atoms with Crippen molar-refractivity contribution in [2.75, 3.05) is 0 Å². The van der Waals surface area contributed by atoms with Crippen molar-refractivity contribution < 1.29 is 10.2 Å². The number of para-hydroxylation sites is 1. The van der Waals surface area contributed by atoms with Crippen molar-refractivity contribution in [3.63, 3.8) is 0 Å². The summed E-state index contributed by atoms with van der Waals surface area (Å²) in [5.41, 5.74) is 5.86. The molecule has 0 bridgehead atoms. The number of nitrogens with zero attached hydrogens (tertiary/aromatic N) is 1. The maximum Gasteiger partial charge on any atom is 0.123 e. The molecule has 27 heavy (non-hydrogen) atoms. The second-order valence-corrected chi connectivity index (χ2v) is 8.11. The van der Waals surface area contributed by atoms with E-state index in [1.807, 2.05) is 18.2 Å². The summed E-state index contributed by atoms with van der Waals surface area (Å²) in [6, 6.07) is 7.46. The minimum atomic E-state index is -0.643. The van der Waals surface area contributed by atoms with Gasteiger partial charge in [-0.1, -0.05) is 65.7 Å². The lowest BCUT2D eigenvalue weighted by Gasteiger charge is -2.26. The van der Waals surface area contributed by atoms with Crippen LogP contribution < -0.4 is 0 Å². The average molecular weight is 370 g/mol. The third-order valence-electron chi connectivity index (χ3n) is 5.11. The van der Waals surface area contributed by atoms with E-state index in [2.05, 4.69) is 34.6 Å². The zero-order valence-corrected chi connectivity index (χ0v) is 17.7. The van der Waals surface area contributed by atoms with Gasteiger partial charge in [-0.2, -0.15) is 0 Å². The normalized spacial score (nSPS) is 12.8. The number of pyridine rings is 1. The molecule has 0 amide bonds. The molecule has 0 aliphatic carbocycles. The van der Waals surface area contributed by atoms with Gasteiger partial charge in [0.15, 0.2) is 0 Å². The van der Waals surface area contributed by atoms with Gasteiger partial charge in [-0.15, -0.1) is 0 Å². The first kappa shape index (κ1) is 21.4. The Kier molecular flexibility index (Phi) is 7.43. The molecular weight excluding hydrogens is 334 g/mol. The van der Waals surface area contributed by atoms with Crippen molar-refractivity contribution in [3.05, 3.63) is 46.8 Å². The molecule has 0 aliphatic rings. The molecule has 0 fully saturated rings. The van der Waals surface area contributed by atoms with Crippen LogP contribution in [-0.2, 0) is 6.42 Å². The van der Waals surface area contributed by atoms with Crippen LogP contribution >= 0.6 is 0 Å². The minimum Gasteiger partial charge on any atom is -0.507 e. The summed E-state index contributed by atoms with van der Waals surface area (Å²) in [5, 5.41) is 21.3. The average Bonchev–Trinajstić information content (AvgIpc) is 2.61. The third-order valence-corrected chi connectivity index (χ3v) is 5.11. The Bertz CT molecular complexity index is 763. The van der Waals surface area contributed by atoms with Gasteiger partial charge in [0, 0.05) is 22.5 Å². The fourth-order valence-electron chi connectivity index (χ4n) is 3.81. The summed E-state index contributed by atoms with van der Waals surface area (Å²) in [6.07, 6.45) is 3.67. The van der Waals surface area contributed by atoms with E-state index in [-0.39, 0.29) is 17.6 Å². The molecule has 1 atom stereocenters. The van der Waals surface area contributed by atoms with Crippen molar-refractivity contribution in [1.82, 2.24) is 4.98 Å². The summed E-state index contributed by atoms with van der Waals surface area (Å²) >= 11 is 0. The summed E-state index contributed by atoms with van der Waals surface area (Å²) in [4.78, 5) is 5.05. The highest BCUT2D eigenvalue weighted by Crippen LogP contribution is 2.42. The SMILES string of the molecule is CCCCCc1c(C(C)C)nc(C(C)C)c(C(C)O)c1-c1ccccc1O. The number of phenolic OH excluding ortho intramolecular Hbond substituents is 1. The molecule has 0 radical (unpaired) electrons. The van der Waals surface area contributed by atoms with Crippen LogP contribution in [0.1, 0.15) is 101 Å². The Morgan fingerprint density at radius 3 is 2.07 bits per heavy atom. The van der Waals surface area contributed by atoms with Gasteiger partial charge in [-0.05, 0) is 48.8 Å². The number of aliphatic hydroxyl groups is 1. The quantitative estimate of drug-likeness (QED) is 0.523. The van der Waals surface area contributed by atoms with Crippen LogP contribution in [0.25, 0.3) is 11.1 Å². The summed E-state index contributed by atoms with van der Waals surface area (Å²) in [5.74, 6) is 0.736. The Hall–Kier alpha value is -1.87. The Morgan fingerprint density at radius 2 is 1.56 bits per heavy atom. The predicted octanol–water partition coefficient (Wildman–Crippen LogP) is 6.49. The Balaban J connectivity index is 2.90. The van der Waals surface area contributed by atoms with E-state index in [1.54, 1.807) is 13.0 Å². The monoisotopic (exact) mass is 369 g/mol. The van der Waals surface area contributed by atoms with Gasteiger partial charge in [0.1, 0.15) is 5.75 Å². The molecule has 1 aromatic heterocycles. The van der Waals surface area contributed by atoms with E-state index in [0.717, 1.165) is 53.8 Å². The van der Waals surface area contributed by atoms with Crippen molar-refractivity contribution in [1.29, 1.82) is 0 Å². The predicted molar refractivity (Wildman–Crippen MR) is 113 cm³/mol. The zero-order valence-electron chi connectivity index (χ0n) is 17.7. The van der Waals surface area contributed by atoms with Crippen molar-refractivity contribution >= 4 is 0 Å². The van der Waals surface area contributed by atoms with Crippen molar-refractivity contribution in [2.45, 2.75) is 85.2 Å². The number of hydrogen-bond acceptors (Lipinski definition) is 3. The van der Waals surface area contributed by atoms with Crippen molar-refractivity contribution in [3.8, 4) is 16.9 Å². The van der Waals surface area contributed by atoms with Crippen LogP contribution in [0.5, 0.6) is 5.75 Å². The van der Waals surface area contributed by atoms with E-state index in [0.29, 0.717) is 0 Å². The largest absolute Gasteiger partial charge is 0.507 e. The molecule has 0 spiro atoms. The highest BCUT2D eigenvalue weighted by molar-refractivity contribution is 5.78. The van der Waals surface area contributed by atoms with Crippen LogP contribution in [0.2, 0.25) is 0 Å². The number of benzene rings is 1. The van der Waals surface area contributed by atoms with Gasteiger partial charge >= 0.3 is 0 Å². The summed E-state index contributed by atoms with van der Waals surface area (Å²) in [7, 11) is 0. The van der Waals surface area contributed by atoms with E-state index in [1.165, 1.54) is 5.56 Å². The molecule has 2 aromatic rings. The van der Waals surface area contributed by atoms with Gasteiger partial charge in [0.05, 0.1) is 6.10 Å². The van der Waals surface area contributed by atoms with Gasteiger partial charge in [0.2, 0.25) is 0 Å². The molecule has 0 saturated heterocycles. The molecule has 3 nitrogen and oxygen atoms in total. The molecule has 0 aliphatic heterocycles. The first-order valence-corrected chi connectivity index (χ1v) is 10.3. The highest BCUT2D eigenvalue weighted by Gasteiger charge is 2.26. The Labute approximate surface area is 164 Å². The van der Waals surface area contributed by atoms with E-state index in [9.17, 15) is 10.2 Å². The number of aromatic hydroxyl groups is 1. The fraction of sp³-hybridized carbons (Fsp3) is 0.542. The molecule has 0 saturated carbocycles. The van der Waals surface area contributed by atoms with Crippen molar-refractivity contribution in [2.24, 2.45) is 0 Å². The number of rotatable bonds is 8. The first-order valence-electron chi connectivity index (χ1n) is 10.3. The number of unbranched alkanes of at least 4 members (excludes halogenated alkanes) is 2. The Morgan fingerprint density at radius 1 is 0.926 bits per heavy atom. The van der Waals surface area contributed by atoms with E-state index < -0.39 is 6.10 Å². The minimum absolute atomic E-state index is 0.196. The smallest absolute Gasteiger partial charge is 0.123 e. The summed E-state index contributed by atoms with van der Waals surface area (Å²) < 4.78 is 0.